The zero-order valence-corrected chi connectivity index (χ0v) is 20.8. The highest BCUT2D eigenvalue weighted by atomic mass is 16.5. The fraction of sp³-hybridized carbons (Fsp3) is 0.630. The van der Waals surface area contributed by atoms with E-state index in [1.165, 1.54) is 0 Å². The second-order valence-corrected chi connectivity index (χ2v) is 9.73. The molecule has 1 aromatic rings. The number of para-hydroxylation sites is 1. The third kappa shape index (κ3) is 7.07. The summed E-state index contributed by atoms with van der Waals surface area (Å²) in [5.74, 6) is 2.16. The van der Waals surface area contributed by atoms with Crippen LogP contribution < -0.4 is 4.74 Å². The van der Waals surface area contributed by atoms with Crippen LogP contribution in [0.1, 0.15) is 46.1 Å². The Labute approximate surface area is 199 Å². The van der Waals surface area contributed by atoms with E-state index < -0.39 is 0 Å². The predicted octanol–water partition coefficient (Wildman–Crippen LogP) is 3.82. The van der Waals surface area contributed by atoms with Crippen LogP contribution in [0.2, 0.25) is 0 Å². The van der Waals surface area contributed by atoms with Crippen LogP contribution in [-0.4, -0.2) is 72.4 Å². The molecule has 0 aromatic heterocycles. The largest absolute Gasteiger partial charge is 0.489 e. The molecule has 1 aromatic carbocycles. The van der Waals surface area contributed by atoms with Gasteiger partial charge in [0.2, 0.25) is 11.8 Å². The standard InChI is InChI=1S/C27H41N3O3/c1-5-29(6-2)26(31)16-22-13-14-30-19-23(22)11-9-15-33-25-12-8-7-10-24(25)18-28(17-21(3)4)20-27(30)32/h7-12,21-23H,5-6,13-20H2,1-4H3/b11-9-/t22-,23-/m0/s1. The Hall–Kier alpha value is -2.34. The average Bonchev–Trinajstić information content (AvgIpc) is 2.79. The van der Waals surface area contributed by atoms with Gasteiger partial charge in [0.05, 0.1) is 6.54 Å². The number of hydrogen-bond acceptors (Lipinski definition) is 4. The molecule has 1 fully saturated rings. The van der Waals surface area contributed by atoms with Crippen molar-refractivity contribution in [3.05, 3.63) is 42.0 Å². The molecule has 2 aliphatic rings. The molecule has 0 unspecified atom stereocenters. The Morgan fingerprint density at radius 3 is 2.67 bits per heavy atom. The maximum atomic E-state index is 13.3. The number of carbonyl (C=O) groups is 2. The third-order valence-electron chi connectivity index (χ3n) is 6.78. The monoisotopic (exact) mass is 455 g/mol. The molecular weight excluding hydrogens is 414 g/mol. The van der Waals surface area contributed by atoms with Crippen molar-refractivity contribution in [2.24, 2.45) is 17.8 Å². The lowest BCUT2D eigenvalue weighted by atomic mass is 9.82. The topological polar surface area (TPSA) is 53.1 Å². The van der Waals surface area contributed by atoms with Gasteiger partial charge in [-0.25, -0.2) is 0 Å². The van der Waals surface area contributed by atoms with E-state index >= 15 is 0 Å². The van der Waals surface area contributed by atoms with Crippen LogP contribution in [0.5, 0.6) is 5.75 Å². The summed E-state index contributed by atoms with van der Waals surface area (Å²) in [6, 6.07) is 8.11. The molecule has 0 saturated carbocycles. The summed E-state index contributed by atoms with van der Waals surface area (Å²) in [6.07, 6.45) is 5.64. The molecule has 182 valence electrons. The van der Waals surface area contributed by atoms with Crippen molar-refractivity contribution in [3.8, 4) is 5.75 Å². The summed E-state index contributed by atoms with van der Waals surface area (Å²) in [5.41, 5.74) is 1.11. The Balaban J connectivity index is 1.81. The molecule has 0 spiro atoms. The van der Waals surface area contributed by atoms with Crippen LogP contribution in [0.3, 0.4) is 0 Å². The summed E-state index contributed by atoms with van der Waals surface area (Å²) >= 11 is 0. The Kier molecular flexibility index (Phi) is 9.36. The van der Waals surface area contributed by atoms with Crippen LogP contribution in [-0.2, 0) is 16.1 Å². The number of nitrogens with zero attached hydrogens (tertiary/aromatic N) is 3. The van der Waals surface area contributed by atoms with Crippen LogP contribution in [0.25, 0.3) is 0 Å². The molecule has 0 N–H and O–H groups in total. The second kappa shape index (κ2) is 12.2. The van der Waals surface area contributed by atoms with Crippen LogP contribution >= 0.6 is 0 Å². The van der Waals surface area contributed by atoms with E-state index in [4.69, 9.17) is 4.74 Å². The van der Waals surface area contributed by atoms with E-state index in [1.807, 2.05) is 41.8 Å². The predicted molar refractivity (Wildman–Crippen MR) is 132 cm³/mol. The normalized spacial score (nSPS) is 23.1. The zero-order chi connectivity index (χ0) is 23.8. The molecule has 33 heavy (non-hydrogen) atoms. The van der Waals surface area contributed by atoms with E-state index in [0.29, 0.717) is 38.6 Å². The lowest BCUT2D eigenvalue weighted by Crippen LogP contribution is -2.48. The molecule has 0 aliphatic carbocycles. The SMILES string of the molecule is CCN(CC)C(=O)C[C@@H]1CCN2C[C@@H]1/C=C\COc1ccccc1CN(CC(C)C)CC2=O. The van der Waals surface area contributed by atoms with Crippen molar-refractivity contribution in [3.63, 3.8) is 0 Å². The Morgan fingerprint density at radius 2 is 1.94 bits per heavy atom. The van der Waals surface area contributed by atoms with Gasteiger partial charge in [-0.3, -0.25) is 14.5 Å². The maximum absolute atomic E-state index is 13.3. The number of piperidine rings is 1. The molecule has 2 aliphatic heterocycles. The molecule has 6 heteroatoms. The molecule has 0 radical (unpaired) electrons. The van der Waals surface area contributed by atoms with E-state index in [0.717, 1.165) is 43.9 Å². The first-order valence-corrected chi connectivity index (χ1v) is 12.6. The van der Waals surface area contributed by atoms with Crippen molar-refractivity contribution in [1.29, 1.82) is 0 Å². The number of rotatable bonds is 6. The van der Waals surface area contributed by atoms with Gasteiger partial charge < -0.3 is 14.5 Å². The van der Waals surface area contributed by atoms with Crippen molar-refractivity contribution in [2.75, 3.05) is 45.9 Å². The van der Waals surface area contributed by atoms with Crippen LogP contribution in [0, 0.1) is 17.8 Å². The Morgan fingerprint density at radius 1 is 1.18 bits per heavy atom. The van der Waals surface area contributed by atoms with E-state index in [1.54, 1.807) is 0 Å². The van der Waals surface area contributed by atoms with Gasteiger partial charge in [0.15, 0.2) is 0 Å². The zero-order valence-electron chi connectivity index (χ0n) is 20.8. The molecule has 3 rings (SSSR count). The van der Waals surface area contributed by atoms with Crippen molar-refractivity contribution >= 4 is 11.8 Å². The molecular formula is C27H41N3O3. The molecule has 1 saturated heterocycles. The number of fused-ring (bicyclic) bond motifs is 3. The molecule has 2 amide bonds. The van der Waals surface area contributed by atoms with Gasteiger partial charge in [-0.2, -0.15) is 0 Å². The van der Waals surface area contributed by atoms with Gasteiger partial charge in [0.25, 0.3) is 0 Å². The first kappa shape index (κ1) is 25.3. The average molecular weight is 456 g/mol. The first-order valence-electron chi connectivity index (χ1n) is 12.6. The summed E-state index contributed by atoms with van der Waals surface area (Å²) in [4.78, 5) is 32.3. The van der Waals surface area contributed by atoms with E-state index in [-0.39, 0.29) is 23.7 Å². The minimum Gasteiger partial charge on any atom is -0.489 e. The van der Waals surface area contributed by atoms with Gasteiger partial charge in [-0.05, 0) is 44.1 Å². The summed E-state index contributed by atoms with van der Waals surface area (Å²) < 4.78 is 6.12. The summed E-state index contributed by atoms with van der Waals surface area (Å²) in [5, 5.41) is 0. The van der Waals surface area contributed by atoms with Gasteiger partial charge in [-0.15, -0.1) is 0 Å². The number of benzene rings is 1. The lowest BCUT2D eigenvalue weighted by molar-refractivity contribution is -0.136. The second-order valence-electron chi connectivity index (χ2n) is 9.73. The fourth-order valence-electron chi connectivity index (χ4n) is 5.04. The highest BCUT2D eigenvalue weighted by Gasteiger charge is 2.32. The Bertz CT molecular complexity index is 819. The summed E-state index contributed by atoms with van der Waals surface area (Å²) in [7, 11) is 0. The molecule has 2 atom stereocenters. The van der Waals surface area contributed by atoms with Gasteiger partial charge in [0.1, 0.15) is 12.4 Å². The van der Waals surface area contributed by atoms with Crippen molar-refractivity contribution in [1.82, 2.24) is 14.7 Å². The molecule has 6 nitrogen and oxygen atoms in total. The van der Waals surface area contributed by atoms with Crippen LogP contribution in [0.15, 0.2) is 36.4 Å². The third-order valence-corrected chi connectivity index (χ3v) is 6.78. The van der Waals surface area contributed by atoms with Gasteiger partial charge in [0, 0.05) is 51.3 Å². The highest BCUT2D eigenvalue weighted by molar-refractivity contribution is 5.79. The maximum Gasteiger partial charge on any atom is 0.236 e. The number of carbonyl (C=O) groups excluding carboxylic acids is 2. The first-order chi connectivity index (χ1) is 15.9. The number of ether oxygens (including phenoxy) is 1. The fourth-order valence-corrected chi connectivity index (χ4v) is 5.04. The smallest absolute Gasteiger partial charge is 0.236 e. The number of hydrogen-bond donors (Lipinski definition) is 0. The lowest BCUT2D eigenvalue weighted by Gasteiger charge is -2.38. The molecule has 2 bridgehead atoms. The van der Waals surface area contributed by atoms with Gasteiger partial charge >= 0.3 is 0 Å². The molecule has 2 heterocycles. The van der Waals surface area contributed by atoms with Gasteiger partial charge in [-0.1, -0.05) is 44.2 Å². The van der Waals surface area contributed by atoms with Crippen molar-refractivity contribution < 1.29 is 14.3 Å². The highest BCUT2D eigenvalue weighted by Crippen LogP contribution is 2.29. The minimum absolute atomic E-state index is 0.167. The minimum atomic E-state index is 0.167. The summed E-state index contributed by atoms with van der Waals surface area (Å²) in [6.45, 7) is 13.8. The van der Waals surface area contributed by atoms with Crippen LogP contribution in [0.4, 0.5) is 0 Å². The quantitative estimate of drug-likeness (QED) is 0.612. The van der Waals surface area contributed by atoms with E-state index in [9.17, 15) is 9.59 Å². The number of amides is 2. The van der Waals surface area contributed by atoms with Crippen molar-refractivity contribution in [2.45, 2.75) is 47.1 Å². The van der Waals surface area contributed by atoms with E-state index in [2.05, 4.69) is 37.0 Å².